The van der Waals surface area contributed by atoms with Gasteiger partial charge in [-0.05, 0) is 62.2 Å². The maximum atomic E-state index is 12.8. The molecule has 2 aromatic carbocycles. The summed E-state index contributed by atoms with van der Waals surface area (Å²) >= 11 is 5.86. The predicted octanol–water partition coefficient (Wildman–Crippen LogP) is 3.01. The first-order valence-corrected chi connectivity index (χ1v) is 11.2. The first-order valence-electron chi connectivity index (χ1n) is 10.8. The van der Waals surface area contributed by atoms with Crippen LogP contribution in [0.2, 0.25) is 5.02 Å². The lowest BCUT2D eigenvalue weighted by Crippen LogP contribution is -2.52. The standard InChI is InChI=1S/C24H25ClN2O6/c1-15(24(30)26-12-19-3-2-10-31-19)27-20-11-16(4-9-22(20)33-14-23(27)29)21(28)13-32-18-7-5-17(25)6-8-18/h4-9,11,15,19H,2-3,10,12-14H2,1H3,(H,26,30)/t15-,19-/m0/s1. The molecule has 1 saturated heterocycles. The van der Waals surface area contributed by atoms with Crippen molar-refractivity contribution in [3.8, 4) is 11.5 Å². The quantitative estimate of drug-likeness (QED) is 0.593. The van der Waals surface area contributed by atoms with Crippen LogP contribution in [0.4, 0.5) is 5.69 Å². The van der Waals surface area contributed by atoms with Crippen LogP contribution < -0.4 is 19.7 Å². The normalized spacial score (nSPS) is 18.3. The number of ketones is 1. The Kier molecular flexibility index (Phi) is 7.15. The molecule has 2 aliphatic rings. The number of nitrogens with zero attached hydrogens (tertiary/aromatic N) is 1. The van der Waals surface area contributed by atoms with Gasteiger partial charge in [-0.1, -0.05) is 11.6 Å². The number of ether oxygens (including phenoxy) is 3. The van der Waals surface area contributed by atoms with Crippen LogP contribution in [0.3, 0.4) is 0 Å². The molecule has 4 rings (SSSR count). The summed E-state index contributed by atoms with van der Waals surface area (Å²) in [4.78, 5) is 39.5. The number of amides is 2. The average Bonchev–Trinajstić information content (AvgIpc) is 3.35. The summed E-state index contributed by atoms with van der Waals surface area (Å²) < 4.78 is 16.6. The number of Topliss-reactive ketones (excluding diaryl/α,β-unsaturated/α-hetero) is 1. The first kappa shape index (κ1) is 23.1. The van der Waals surface area contributed by atoms with E-state index in [9.17, 15) is 14.4 Å². The monoisotopic (exact) mass is 472 g/mol. The molecule has 2 aromatic rings. The van der Waals surface area contributed by atoms with Gasteiger partial charge in [0.15, 0.2) is 19.0 Å². The van der Waals surface area contributed by atoms with Crippen LogP contribution in [0, 0.1) is 0 Å². The average molecular weight is 473 g/mol. The molecule has 2 aliphatic heterocycles. The molecule has 0 spiro atoms. The molecular formula is C24H25ClN2O6. The van der Waals surface area contributed by atoms with Crippen LogP contribution in [0.25, 0.3) is 0 Å². The Morgan fingerprint density at radius 2 is 2.03 bits per heavy atom. The van der Waals surface area contributed by atoms with Gasteiger partial charge in [-0.3, -0.25) is 19.3 Å². The van der Waals surface area contributed by atoms with Crippen molar-refractivity contribution >= 4 is 34.9 Å². The molecule has 174 valence electrons. The van der Waals surface area contributed by atoms with Gasteiger partial charge in [-0.25, -0.2) is 0 Å². The van der Waals surface area contributed by atoms with Crippen LogP contribution in [0.1, 0.15) is 30.1 Å². The van der Waals surface area contributed by atoms with Crippen LogP contribution >= 0.6 is 11.6 Å². The molecule has 0 bridgehead atoms. The summed E-state index contributed by atoms with van der Waals surface area (Å²) in [5, 5.41) is 3.43. The van der Waals surface area contributed by atoms with Gasteiger partial charge >= 0.3 is 0 Å². The Hall–Kier alpha value is -3.10. The van der Waals surface area contributed by atoms with Crippen molar-refractivity contribution in [1.29, 1.82) is 0 Å². The van der Waals surface area contributed by atoms with E-state index in [-0.39, 0.29) is 36.9 Å². The molecule has 1 fully saturated rings. The Morgan fingerprint density at radius 3 is 2.76 bits per heavy atom. The van der Waals surface area contributed by atoms with E-state index in [0.29, 0.717) is 40.9 Å². The lowest BCUT2D eigenvalue weighted by atomic mass is 10.1. The number of carbonyl (C=O) groups is 3. The summed E-state index contributed by atoms with van der Waals surface area (Å²) in [5.41, 5.74) is 0.723. The van der Waals surface area contributed by atoms with Crippen molar-refractivity contribution in [2.75, 3.05) is 31.3 Å². The highest BCUT2D eigenvalue weighted by Gasteiger charge is 2.34. The molecule has 33 heavy (non-hydrogen) atoms. The van der Waals surface area contributed by atoms with E-state index >= 15 is 0 Å². The molecule has 0 unspecified atom stereocenters. The number of benzene rings is 2. The van der Waals surface area contributed by atoms with E-state index < -0.39 is 6.04 Å². The van der Waals surface area contributed by atoms with Gasteiger partial charge in [0.2, 0.25) is 5.91 Å². The summed E-state index contributed by atoms with van der Waals surface area (Å²) in [7, 11) is 0. The van der Waals surface area contributed by atoms with Crippen LogP contribution in [-0.2, 0) is 14.3 Å². The van der Waals surface area contributed by atoms with Crippen LogP contribution in [-0.4, -0.2) is 56.1 Å². The fraction of sp³-hybridized carbons (Fsp3) is 0.375. The summed E-state index contributed by atoms with van der Waals surface area (Å²) in [6, 6.07) is 10.7. The van der Waals surface area contributed by atoms with Gasteiger partial charge in [0.25, 0.3) is 5.91 Å². The predicted molar refractivity (Wildman–Crippen MR) is 122 cm³/mol. The highest BCUT2D eigenvalue weighted by molar-refractivity contribution is 6.30. The second-order valence-corrected chi connectivity index (χ2v) is 8.39. The topological polar surface area (TPSA) is 94.2 Å². The van der Waals surface area contributed by atoms with Crippen molar-refractivity contribution in [2.24, 2.45) is 0 Å². The summed E-state index contributed by atoms with van der Waals surface area (Å²) in [6.07, 6.45) is 1.88. The molecule has 9 heteroatoms. The number of hydrogen-bond acceptors (Lipinski definition) is 6. The lowest BCUT2D eigenvalue weighted by molar-refractivity contribution is -0.127. The van der Waals surface area contributed by atoms with E-state index in [1.165, 1.54) is 4.90 Å². The maximum Gasteiger partial charge on any atom is 0.265 e. The van der Waals surface area contributed by atoms with Crippen molar-refractivity contribution in [2.45, 2.75) is 31.9 Å². The molecular weight excluding hydrogens is 448 g/mol. The van der Waals surface area contributed by atoms with E-state index in [2.05, 4.69) is 5.32 Å². The zero-order chi connectivity index (χ0) is 23.4. The Morgan fingerprint density at radius 1 is 1.24 bits per heavy atom. The molecule has 0 aromatic heterocycles. The fourth-order valence-corrected chi connectivity index (χ4v) is 3.94. The number of halogens is 1. The largest absolute Gasteiger partial charge is 0.485 e. The maximum absolute atomic E-state index is 12.8. The zero-order valence-corrected chi connectivity index (χ0v) is 19.0. The van der Waals surface area contributed by atoms with Gasteiger partial charge in [0.1, 0.15) is 17.5 Å². The second-order valence-electron chi connectivity index (χ2n) is 7.96. The zero-order valence-electron chi connectivity index (χ0n) is 18.2. The van der Waals surface area contributed by atoms with E-state index in [1.807, 2.05) is 0 Å². The van der Waals surface area contributed by atoms with E-state index in [4.69, 9.17) is 25.8 Å². The molecule has 2 amide bonds. The second kappa shape index (κ2) is 10.2. The number of carbonyl (C=O) groups excluding carboxylic acids is 3. The molecule has 0 radical (unpaired) electrons. The van der Waals surface area contributed by atoms with Gasteiger partial charge in [-0.2, -0.15) is 0 Å². The number of nitrogens with one attached hydrogen (secondary N) is 1. The minimum Gasteiger partial charge on any atom is -0.485 e. The number of fused-ring (bicyclic) bond motifs is 1. The van der Waals surface area contributed by atoms with Crippen LogP contribution in [0.15, 0.2) is 42.5 Å². The highest BCUT2D eigenvalue weighted by atomic mass is 35.5. The molecule has 2 heterocycles. The van der Waals surface area contributed by atoms with E-state index in [0.717, 1.165) is 12.8 Å². The number of hydrogen-bond donors (Lipinski definition) is 1. The number of rotatable bonds is 8. The van der Waals surface area contributed by atoms with Crippen molar-refractivity contribution in [3.05, 3.63) is 53.1 Å². The van der Waals surface area contributed by atoms with Gasteiger partial charge in [0.05, 0.1) is 11.8 Å². The van der Waals surface area contributed by atoms with Crippen molar-refractivity contribution < 1.29 is 28.6 Å². The van der Waals surface area contributed by atoms with Crippen LogP contribution in [0.5, 0.6) is 11.5 Å². The molecule has 8 nitrogen and oxygen atoms in total. The molecule has 1 N–H and O–H groups in total. The van der Waals surface area contributed by atoms with E-state index in [1.54, 1.807) is 49.4 Å². The highest BCUT2D eigenvalue weighted by Crippen LogP contribution is 2.34. The first-order chi connectivity index (χ1) is 15.9. The Bertz CT molecular complexity index is 1040. The fourth-order valence-electron chi connectivity index (χ4n) is 3.82. The molecule has 2 atom stereocenters. The Balaban J connectivity index is 1.46. The van der Waals surface area contributed by atoms with Crippen molar-refractivity contribution in [1.82, 2.24) is 5.32 Å². The minimum absolute atomic E-state index is 0.00121. The smallest absolute Gasteiger partial charge is 0.265 e. The summed E-state index contributed by atoms with van der Waals surface area (Å²) in [6.45, 7) is 2.38. The van der Waals surface area contributed by atoms with Gasteiger partial charge in [0, 0.05) is 23.7 Å². The Labute approximate surface area is 196 Å². The third kappa shape index (κ3) is 5.46. The van der Waals surface area contributed by atoms with Crippen molar-refractivity contribution in [3.63, 3.8) is 0 Å². The summed E-state index contributed by atoms with van der Waals surface area (Å²) in [5.74, 6) is 0.0194. The third-order valence-electron chi connectivity index (χ3n) is 5.64. The lowest BCUT2D eigenvalue weighted by Gasteiger charge is -2.33. The number of anilines is 1. The SMILES string of the molecule is C[C@@H](C(=O)NC[C@@H]1CCCO1)N1C(=O)COc2ccc(C(=O)COc3ccc(Cl)cc3)cc21. The molecule has 0 aliphatic carbocycles. The third-order valence-corrected chi connectivity index (χ3v) is 5.89. The van der Waals surface area contributed by atoms with Gasteiger partial charge in [-0.15, -0.1) is 0 Å². The van der Waals surface area contributed by atoms with Gasteiger partial charge < -0.3 is 19.5 Å². The molecule has 0 saturated carbocycles. The minimum atomic E-state index is -0.780.